The summed E-state index contributed by atoms with van der Waals surface area (Å²) < 4.78 is 4.31. The van der Waals surface area contributed by atoms with Gasteiger partial charge in [0.15, 0.2) is 0 Å². The Morgan fingerprint density at radius 3 is 1.75 bits per heavy atom. The van der Waals surface area contributed by atoms with Gasteiger partial charge < -0.3 is 0 Å². The van der Waals surface area contributed by atoms with Crippen LogP contribution in [0.15, 0.2) is 109 Å². The quantitative estimate of drug-likeness (QED) is 0.340. The Hall–Kier alpha value is -3.74. The van der Waals surface area contributed by atoms with E-state index in [1.807, 2.05) is 6.07 Å². The van der Waals surface area contributed by atoms with Gasteiger partial charge in [-0.15, -0.1) is 0 Å². The number of para-hydroxylation sites is 4. The van der Waals surface area contributed by atoms with E-state index in [1.165, 1.54) is 11.1 Å². The first-order valence-corrected chi connectivity index (χ1v) is 9.52. The molecule has 132 valence electrons. The van der Waals surface area contributed by atoms with Crippen LogP contribution >= 0.6 is 0 Å². The second kappa shape index (κ2) is 7.11. The van der Waals surface area contributed by atoms with Gasteiger partial charge in [0.25, 0.3) is 11.4 Å². The molecule has 1 heterocycles. The standard InChI is InChI=1S/C26H20N2/c1-3-11-21(12-4-1)19-22-13-7-8-16-24(22)28-20-27(23-14-5-2-6-15-23)25-17-9-10-18-26(25)28/h1-18H,19H2/q+2. The van der Waals surface area contributed by atoms with Crippen LogP contribution in [0.5, 0.6) is 0 Å². The molecule has 0 N–H and O–H groups in total. The van der Waals surface area contributed by atoms with Crippen molar-refractivity contribution < 1.29 is 0 Å². The fourth-order valence-electron chi connectivity index (χ4n) is 3.70. The van der Waals surface area contributed by atoms with E-state index in [9.17, 15) is 0 Å². The normalized spacial score (nSPS) is 12.3. The monoisotopic (exact) mass is 360 g/mol. The Morgan fingerprint density at radius 2 is 1.04 bits per heavy atom. The van der Waals surface area contributed by atoms with Crippen molar-refractivity contribution in [3.05, 3.63) is 120 Å². The van der Waals surface area contributed by atoms with Crippen LogP contribution in [0.3, 0.4) is 0 Å². The molecule has 0 aromatic heterocycles. The highest BCUT2D eigenvalue weighted by Gasteiger charge is 2.36. The molecule has 28 heavy (non-hydrogen) atoms. The number of benzene rings is 4. The number of hydrogen-bond acceptors (Lipinski definition) is 0. The predicted molar refractivity (Wildman–Crippen MR) is 116 cm³/mol. The highest BCUT2D eigenvalue weighted by atomic mass is 15.2. The smallest absolute Gasteiger partial charge is 0.0622 e. The molecule has 4 aromatic rings. The molecule has 0 aliphatic carbocycles. The van der Waals surface area contributed by atoms with Gasteiger partial charge in [0.2, 0.25) is 11.4 Å². The van der Waals surface area contributed by atoms with Gasteiger partial charge in [-0.2, -0.15) is 0 Å². The minimum atomic E-state index is 0.892. The van der Waals surface area contributed by atoms with Crippen molar-refractivity contribution in [3.63, 3.8) is 0 Å². The van der Waals surface area contributed by atoms with Gasteiger partial charge in [-0.3, -0.25) is 0 Å². The molecule has 2 nitrogen and oxygen atoms in total. The molecule has 0 bridgehead atoms. The molecule has 1 aliphatic heterocycles. The van der Waals surface area contributed by atoms with E-state index >= 15 is 0 Å². The van der Waals surface area contributed by atoms with Crippen molar-refractivity contribution in [2.24, 2.45) is 0 Å². The molecule has 0 amide bonds. The summed E-state index contributed by atoms with van der Waals surface area (Å²) in [6.07, 6.45) is 0.892. The maximum absolute atomic E-state index is 3.58. The Labute approximate surface area is 165 Å². The van der Waals surface area contributed by atoms with Gasteiger partial charge in [0.1, 0.15) is 0 Å². The summed E-state index contributed by atoms with van der Waals surface area (Å²) in [5.41, 5.74) is 7.15. The van der Waals surface area contributed by atoms with E-state index in [4.69, 9.17) is 0 Å². The molecular formula is C26H20N2+2. The van der Waals surface area contributed by atoms with Crippen LogP contribution in [-0.4, -0.2) is 6.01 Å². The van der Waals surface area contributed by atoms with Crippen LogP contribution in [0, 0.1) is 0 Å². The van der Waals surface area contributed by atoms with Crippen molar-refractivity contribution in [2.45, 2.75) is 6.42 Å². The third-order valence-corrected chi connectivity index (χ3v) is 5.05. The summed E-state index contributed by atoms with van der Waals surface area (Å²) in [4.78, 5) is 0. The Kier molecular flexibility index (Phi) is 4.17. The second-order valence-electron chi connectivity index (χ2n) is 6.89. The van der Waals surface area contributed by atoms with Gasteiger partial charge in [0, 0.05) is 42.3 Å². The van der Waals surface area contributed by atoms with Crippen LogP contribution in [0.2, 0.25) is 0 Å². The fraction of sp³-hybridized carbons (Fsp3) is 0.0385. The van der Waals surface area contributed by atoms with Crippen molar-refractivity contribution >= 4 is 28.8 Å². The molecule has 4 aromatic carbocycles. The lowest BCUT2D eigenvalue weighted by molar-refractivity contribution is 1.07. The minimum absolute atomic E-state index is 0.892. The molecule has 0 radical (unpaired) electrons. The third-order valence-electron chi connectivity index (χ3n) is 5.05. The molecule has 0 unspecified atom stereocenters. The second-order valence-corrected chi connectivity index (χ2v) is 6.89. The van der Waals surface area contributed by atoms with Crippen molar-refractivity contribution in [1.82, 2.24) is 9.15 Å². The van der Waals surface area contributed by atoms with E-state index < -0.39 is 0 Å². The van der Waals surface area contributed by atoms with Crippen LogP contribution in [-0.2, 0) is 6.42 Å². The molecule has 0 atom stereocenters. The summed E-state index contributed by atoms with van der Waals surface area (Å²) in [5.74, 6) is 0. The summed E-state index contributed by atoms with van der Waals surface area (Å²) >= 11 is 0. The summed E-state index contributed by atoms with van der Waals surface area (Å²) in [6, 6.07) is 41.6. The molecule has 0 saturated heterocycles. The Balaban J connectivity index is 1.68. The zero-order chi connectivity index (χ0) is 18.8. The average molecular weight is 360 g/mol. The van der Waals surface area contributed by atoms with Gasteiger partial charge in [-0.05, 0) is 14.7 Å². The van der Waals surface area contributed by atoms with Crippen LogP contribution < -0.4 is 9.15 Å². The lowest BCUT2D eigenvalue weighted by Crippen LogP contribution is -2.04. The summed E-state index contributed by atoms with van der Waals surface area (Å²) in [5, 5.41) is 0. The molecule has 0 spiro atoms. The average Bonchev–Trinajstić information content (AvgIpc) is 3.15. The van der Waals surface area contributed by atoms with Crippen LogP contribution in [0.25, 0.3) is 0 Å². The first kappa shape index (κ1) is 16.4. The molecule has 1 aliphatic rings. The predicted octanol–water partition coefficient (Wildman–Crippen LogP) is 6.13. The van der Waals surface area contributed by atoms with E-state index in [2.05, 4.69) is 118 Å². The number of nitrogens with zero attached hydrogens (tertiary/aromatic N) is 2. The van der Waals surface area contributed by atoms with E-state index in [1.54, 1.807) is 0 Å². The number of rotatable bonds is 4. The lowest BCUT2D eigenvalue weighted by atomic mass is 10.0. The molecule has 5 rings (SSSR count). The first-order chi connectivity index (χ1) is 13.9. The van der Waals surface area contributed by atoms with Gasteiger partial charge >= 0.3 is 6.01 Å². The van der Waals surface area contributed by atoms with Crippen molar-refractivity contribution in [1.29, 1.82) is 0 Å². The Morgan fingerprint density at radius 1 is 0.500 bits per heavy atom. The van der Waals surface area contributed by atoms with Crippen LogP contribution in [0.1, 0.15) is 11.1 Å². The van der Waals surface area contributed by atoms with E-state index in [0.29, 0.717) is 0 Å². The number of hydrogen-bond donors (Lipinski definition) is 0. The summed E-state index contributed by atoms with van der Waals surface area (Å²) in [7, 11) is 0. The highest BCUT2D eigenvalue weighted by molar-refractivity contribution is 5.85. The van der Waals surface area contributed by atoms with Crippen molar-refractivity contribution in [2.75, 3.05) is 0 Å². The minimum Gasteiger partial charge on any atom is -0.0622 e. The zero-order valence-electron chi connectivity index (χ0n) is 15.5. The zero-order valence-corrected chi connectivity index (χ0v) is 15.5. The SMILES string of the molecule is C1=[N+](c2ccccc2)c2ccccc2[N+]=1c1ccccc1Cc1ccccc1. The van der Waals surface area contributed by atoms with Crippen LogP contribution in [0.4, 0.5) is 22.7 Å². The molecular weight excluding hydrogens is 340 g/mol. The maximum atomic E-state index is 3.58. The Bertz CT molecular complexity index is 1200. The first-order valence-electron chi connectivity index (χ1n) is 9.52. The van der Waals surface area contributed by atoms with Gasteiger partial charge in [-0.1, -0.05) is 78.9 Å². The molecule has 0 saturated carbocycles. The number of fused-ring (bicyclic) bond motifs is 1. The van der Waals surface area contributed by atoms with Gasteiger partial charge in [-0.25, -0.2) is 0 Å². The van der Waals surface area contributed by atoms with Gasteiger partial charge in [0.05, 0.1) is 0 Å². The largest absolute Gasteiger partial charge is 0.503 e. The fourth-order valence-corrected chi connectivity index (χ4v) is 3.70. The summed E-state index contributed by atoms with van der Waals surface area (Å²) in [6.45, 7) is 0. The van der Waals surface area contributed by atoms with E-state index in [0.717, 1.165) is 29.2 Å². The molecule has 2 heteroatoms. The highest BCUT2D eigenvalue weighted by Crippen LogP contribution is 2.36. The van der Waals surface area contributed by atoms with E-state index in [-0.39, 0.29) is 0 Å². The topological polar surface area (TPSA) is 6.02 Å². The van der Waals surface area contributed by atoms with Crippen molar-refractivity contribution in [3.8, 4) is 0 Å². The lowest BCUT2D eigenvalue weighted by Gasteiger charge is -2.04. The maximum Gasteiger partial charge on any atom is 0.503 e. The molecule has 0 fully saturated rings. The third kappa shape index (κ3) is 2.96.